The highest BCUT2D eigenvalue weighted by atomic mass is 16.5. The standard InChI is InChI=1S/C11H13NO2/c1-8-2-4-9(5-3-8)12-10-6-7-14-11(10)13/h2-5,10,12H,6-7H2,1H3. The Hall–Kier alpha value is -1.51. The van der Waals surface area contributed by atoms with Crippen molar-refractivity contribution >= 4 is 11.7 Å². The van der Waals surface area contributed by atoms with Gasteiger partial charge >= 0.3 is 5.97 Å². The maximum atomic E-state index is 11.2. The van der Waals surface area contributed by atoms with E-state index >= 15 is 0 Å². The van der Waals surface area contributed by atoms with Crippen LogP contribution in [-0.2, 0) is 9.53 Å². The fourth-order valence-electron chi connectivity index (χ4n) is 1.48. The number of anilines is 1. The molecule has 0 amide bonds. The predicted molar refractivity (Wildman–Crippen MR) is 54.2 cm³/mol. The minimum Gasteiger partial charge on any atom is -0.464 e. The molecule has 1 aliphatic rings. The maximum Gasteiger partial charge on any atom is 0.328 e. The van der Waals surface area contributed by atoms with Crippen molar-refractivity contribution in [3.63, 3.8) is 0 Å². The van der Waals surface area contributed by atoms with Crippen molar-refractivity contribution in [1.82, 2.24) is 0 Å². The van der Waals surface area contributed by atoms with Gasteiger partial charge in [0.15, 0.2) is 0 Å². The van der Waals surface area contributed by atoms with Crippen LogP contribution in [0.1, 0.15) is 12.0 Å². The molecule has 0 bridgehead atoms. The van der Waals surface area contributed by atoms with Gasteiger partial charge in [0.2, 0.25) is 0 Å². The van der Waals surface area contributed by atoms with Gasteiger partial charge in [-0.3, -0.25) is 0 Å². The third-order valence-electron chi connectivity index (χ3n) is 2.33. The van der Waals surface area contributed by atoms with Crippen molar-refractivity contribution in [3.05, 3.63) is 29.8 Å². The quantitative estimate of drug-likeness (QED) is 0.723. The van der Waals surface area contributed by atoms with E-state index in [-0.39, 0.29) is 12.0 Å². The van der Waals surface area contributed by atoms with E-state index in [1.165, 1.54) is 5.56 Å². The molecule has 0 aromatic heterocycles. The molecule has 14 heavy (non-hydrogen) atoms. The normalized spacial score (nSPS) is 20.6. The third-order valence-corrected chi connectivity index (χ3v) is 2.33. The maximum absolute atomic E-state index is 11.2. The Kier molecular flexibility index (Phi) is 2.39. The van der Waals surface area contributed by atoms with Crippen LogP contribution in [0.4, 0.5) is 5.69 Å². The zero-order chi connectivity index (χ0) is 9.97. The second kappa shape index (κ2) is 3.70. The smallest absolute Gasteiger partial charge is 0.328 e. The molecule has 2 rings (SSSR count). The van der Waals surface area contributed by atoms with Gasteiger partial charge in [0.05, 0.1) is 6.61 Å². The molecular formula is C11H13NO2. The van der Waals surface area contributed by atoms with Crippen LogP contribution in [0.2, 0.25) is 0 Å². The van der Waals surface area contributed by atoms with Gasteiger partial charge in [-0.05, 0) is 19.1 Å². The molecule has 1 atom stereocenters. The van der Waals surface area contributed by atoms with Gasteiger partial charge in [0.1, 0.15) is 6.04 Å². The lowest BCUT2D eigenvalue weighted by Crippen LogP contribution is -2.24. The molecule has 1 heterocycles. The number of hydrogen-bond acceptors (Lipinski definition) is 3. The molecule has 0 spiro atoms. The topological polar surface area (TPSA) is 38.3 Å². The van der Waals surface area contributed by atoms with Gasteiger partial charge in [-0.1, -0.05) is 17.7 Å². The van der Waals surface area contributed by atoms with Crippen molar-refractivity contribution in [2.75, 3.05) is 11.9 Å². The van der Waals surface area contributed by atoms with Crippen molar-refractivity contribution < 1.29 is 9.53 Å². The van der Waals surface area contributed by atoms with Gasteiger partial charge in [0, 0.05) is 12.1 Å². The molecule has 1 unspecified atom stereocenters. The molecule has 1 fully saturated rings. The summed E-state index contributed by atoms with van der Waals surface area (Å²) in [4.78, 5) is 11.2. The van der Waals surface area contributed by atoms with E-state index in [2.05, 4.69) is 5.32 Å². The Balaban J connectivity index is 2.03. The first kappa shape index (κ1) is 9.06. The molecule has 1 aromatic rings. The minimum absolute atomic E-state index is 0.148. The average Bonchev–Trinajstić information content (AvgIpc) is 2.56. The van der Waals surface area contributed by atoms with Crippen molar-refractivity contribution in [3.8, 4) is 0 Å². The molecule has 1 N–H and O–H groups in total. The lowest BCUT2D eigenvalue weighted by atomic mass is 10.2. The molecule has 0 aliphatic carbocycles. The number of esters is 1. The van der Waals surface area contributed by atoms with E-state index in [1.54, 1.807) is 0 Å². The van der Waals surface area contributed by atoms with E-state index in [9.17, 15) is 4.79 Å². The fourth-order valence-corrected chi connectivity index (χ4v) is 1.48. The molecule has 3 nitrogen and oxygen atoms in total. The van der Waals surface area contributed by atoms with Crippen LogP contribution in [-0.4, -0.2) is 18.6 Å². The number of aryl methyl sites for hydroxylation is 1. The minimum atomic E-state index is -0.169. The fraction of sp³-hybridized carbons (Fsp3) is 0.364. The summed E-state index contributed by atoms with van der Waals surface area (Å²) >= 11 is 0. The van der Waals surface area contributed by atoms with Gasteiger partial charge < -0.3 is 10.1 Å². The van der Waals surface area contributed by atoms with E-state index in [0.717, 1.165) is 12.1 Å². The van der Waals surface area contributed by atoms with E-state index in [4.69, 9.17) is 4.74 Å². The van der Waals surface area contributed by atoms with Crippen LogP contribution in [0.25, 0.3) is 0 Å². The Morgan fingerprint density at radius 1 is 1.36 bits per heavy atom. The van der Waals surface area contributed by atoms with Gasteiger partial charge in [-0.25, -0.2) is 4.79 Å². The summed E-state index contributed by atoms with van der Waals surface area (Å²) in [6.07, 6.45) is 0.757. The zero-order valence-corrected chi connectivity index (χ0v) is 8.12. The molecule has 0 saturated carbocycles. The summed E-state index contributed by atoms with van der Waals surface area (Å²) in [6.45, 7) is 2.57. The molecule has 1 aliphatic heterocycles. The second-order valence-corrected chi connectivity index (χ2v) is 3.52. The molecule has 0 radical (unpaired) electrons. The highest BCUT2D eigenvalue weighted by Crippen LogP contribution is 2.15. The number of benzene rings is 1. The van der Waals surface area contributed by atoms with Crippen LogP contribution < -0.4 is 5.32 Å². The number of ether oxygens (including phenoxy) is 1. The molecule has 1 saturated heterocycles. The summed E-state index contributed by atoms with van der Waals surface area (Å²) in [6, 6.07) is 7.81. The second-order valence-electron chi connectivity index (χ2n) is 3.52. The SMILES string of the molecule is Cc1ccc(NC2CCOC2=O)cc1. The highest BCUT2D eigenvalue weighted by Gasteiger charge is 2.25. The monoisotopic (exact) mass is 191 g/mol. The summed E-state index contributed by atoms with van der Waals surface area (Å²) in [5.41, 5.74) is 2.18. The number of hydrogen-bond donors (Lipinski definition) is 1. The van der Waals surface area contributed by atoms with Crippen molar-refractivity contribution in [1.29, 1.82) is 0 Å². The summed E-state index contributed by atoms with van der Waals surface area (Å²) in [7, 11) is 0. The zero-order valence-electron chi connectivity index (χ0n) is 8.12. The van der Waals surface area contributed by atoms with Crippen LogP contribution in [0.15, 0.2) is 24.3 Å². The summed E-state index contributed by atoms with van der Waals surface area (Å²) in [5.74, 6) is -0.148. The Labute approximate surface area is 83.1 Å². The predicted octanol–water partition coefficient (Wildman–Crippen LogP) is 1.72. The Morgan fingerprint density at radius 3 is 2.64 bits per heavy atom. The summed E-state index contributed by atoms with van der Waals surface area (Å²) < 4.78 is 4.86. The first-order valence-electron chi connectivity index (χ1n) is 4.75. The largest absolute Gasteiger partial charge is 0.464 e. The van der Waals surface area contributed by atoms with Gasteiger partial charge in [-0.2, -0.15) is 0 Å². The lowest BCUT2D eigenvalue weighted by Gasteiger charge is -2.09. The third kappa shape index (κ3) is 1.87. The average molecular weight is 191 g/mol. The van der Waals surface area contributed by atoms with Gasteiger partial charge in [-0.15, -0.1) is 0 Å². The molecule has 74 valence electrons. The molecular weight excluding hydrogens is 178 g/mol. The van der Waals surface area contributed by atoms with Crippen molar-refractivity contribution in [2.24, 2.45) is 0 Å². The van der Waals surface area contributed by atoms with E-state index < -0.39 is 0 Å². The molecule has 3 heteroatoms. The Bertz CT molecular complexity index is 332. The van der Waals surface area contributed by atoms with Crippen LogP contribution in [0.5, 0.6) is 0 Å². The number of rotatable bonds is 2. The summed E-state index contributed by atoms with van der Waals surface area (Å²) in [5, 5.41) is 3.14. The highest BCUT2D eigenvalue weighted by molar-refractivity contribution is 5.80. The number of carbonyl (C=O) groups excluding carboxylic acids is 1. The lowest BCUT2D eigenvalue weighted by molar-refractivity contribution is -0.138. The number of cyclic esters (lactones) is 1. The number of nitrogens with one attached hydrogen (secondary N) is 1. The van der Waals surface area contributed by atoms with E-state index in [1.807, 2.05) is 31.2 Å². The van der Waals surface area contributed by atoms with Crippen LogP contribution >= 0.6 is 0 Å². The van der Waals surface area contributed by atoms with Crippen molar-refractivity contribution in [2.45, 2.75) is 19.4 Å². The number of carbonyl (C=O) groups is 1. The Morgan fingerprint density at radius 2 is 2.07 bits per heavy atom. The van der Waals surface area contributed by atoms with Crippen LogP contribution in [0, 0.1) is 6.92 Å². The molecule has 1 aromatic carbocycles. The van der Waals surface area contributed by atoms with E-state index in [0.29, 0.717) is 6.61 Å². The first-order chi connectivity index (χ1) is 6.75. The van der Waals surface area contributed by atoms with Gasteiger partial charge in [0.25, 0.3) is 0 Å². The van der Waals surface area contributed by atoms with Crippen LogP contribution in [0.3, 0.4) is 0 Å². The first-order valence-corrected chi connectivity index (χ1v) is 4.75.